The van der Waals surface area contributed by atoms with Gasteiger partial charge in [-0.05, 0) is 37.6 Å². The van der Waals surface area contributed by atoms with Crippen molar-refractivity contribution in [3.63, 3.8) is 0 Å². The second-order valence-electron chi connectivity index (χ2n) is 4.22. The number of benzene rings is 1. The maximum absolute atomic E-state index is 13.0. The van der Waals surface area contributed by atoms with E-state index in [4.69, 9.17) is 14.9 Å². The molecule has 1 aromatic carbocycles. The third-order valence-corrected chi connectivity index (χ3v) is 2.85. The fraction of sp³-hybridized carbons (Fsp3) is 0.385. The highest BCUT2D eigenvalue weighted by Crippen LogP contribution is 2.26. The van der Waals surface area contributed by atoms with Crippen molar-refractivity contribution in [2.24, 2.45) is 5.73 Å². The van der Waals surface area contributed by atoms with E-state index in [-0.39, 0.29) is 18.0 Å². The van der Waals surface area contributed by atoms with Crippen LogP contribution in [0.15, 0.2) is 28.7 Å². The first kappa shape index (κ1) is 12.1. The van der Waals surface area contributed by atoms with Crippen molar-refractivity contribution in [3.05, 3.63) is 35.8 Å². The van der Waals surface area contributed by atoms with E-state index in [1.807, 2.05) is 6.92 Å². The van der Waals surface area contributed by atoms with Gasteiger partial charge in [-0.3, -0.25) is 0 Å². The molecule has 2 N–H and O–H groups in total. The minimum atomic E-state index is -0.274. The van der Waals surface area contributed by atoms with Crippen molar-refractivity contribution in [2.45, 2.75) is 25.5 Å². The average Bonchev–Trinajstić information content (AvgIpc) is 2.71. The van der Waals surface area contributed by atoms with Crippen molar-refractivity contribution < 1.29 is 13.5 Å². The van der Waals surface area contributed by atoms with E-state index in [1.54, 1.807) is 19.2 Å². The summed E-state index contributed by atoms with van der Waals surface area (Å²) in [5.41, 5.74) is 6.66. The Bertz CT molecular complexity index is 509. The van der Waals surface area contributed by atoms with E-state index < -0.39 is 0 Å². The molecule has 0 fully saturated rings. The molecule has 1 aromatic heterocycles. The van der Waals surface area contributed by atoms with Gasteiger partial charge in [0.25, 0.3) is 0 Å². The molecule has 0 amide bonds. The number of nitrogens with two attached hydrogens (primary N) is 1. The Morgan fingerprint density at radius 3 is 2.88 bits per heavy atom. The van der Waals surface area contributed by atoms with Crippen molar-refractivity contribution in [1.29, 1.82) is 0 Å². The van der Waals surface area contributed by atoms with Crippen LogP contribution in [-0.2, 0) is 4.74 Å². The fourth-order valence-corrected chi connectivity index (χ4v) is 1.79. The van der Waals surface area contributed by atoms with Gasteiger partial charge in [0.2, 0.25) is 0 Å². The molecule has 2 aromatic rings. The Morgan fingerprint density at radius 1 is 1.41 bits per heavy atom. The van der Waals surface area contributed by atoms with E-state index in [9.17, 15) is 4.39 Å². The molecule has 4 heteroatoms. The molecule has 2 rings (SSSR count). The highest BCUT2D eigenvalue weighted by Gasteiger charge is 2.15. The number of fused-ring (bicyclic) bond motifs is 1. The third kappa shape index (κ3) is 2.65. The smallest absolute Gasteiger partial charge is 0.134 e. The molecule has 0 spiro atoms. The van der Waals surface area contributed by atoms with Crippen LogP contribution in [0.2, 0.25) is 0 Å². The molecule has 0 saturated carbocycles. The molecular weight excluding hydrogens is 221 g/mol. The number of halogens is 1. The Labute approximate surface area is 99.4 Å². The molecule has 92 valence electrons. The molecule has 0 saturated heterocycles. The van der Waals surface area contributed by atoms with E-state index in [2.05, 4.69) is 0 Å². The second kappa shape index (κ2) is 4.85. The lowest BCUT2D eigenvalue weighted by Gasteiger charge is -2.13. The standard InChI is InChI=1S/C13H16FNO2/c1-8(16-2)5-11(15)13-7-9-6-10(14)3-4-12(9)17-13/h3-4,6-8,11H,5,15H2,1-2H3. The second-order valence-corrected chi connectivity index (χ2v) is 4.22. The molecular formula is C13H16FNO2. The van der Waals surface area contributed by atoms with Crippen LogP contribution in [0, 0.1) is 5.82 Å². The molecule has 17 heavy (non-hydrogen) atoms. The fourth-order valence-electron chi connectivity index (χ4n) is 1.79. The first-order valence-corrected chi connectivity index (χ1v) is 5.57. The van der Waals surface area contributed by atoms with Crippen LogP contribution < -0.4 is 5.73 Å². The molecule has 2 unspecified atom stereocenters. The van der Waals surface area contributed by atoms with Crippen LogP contribution in [0.25, 0.3) is 11.0 Å². The predicted octanol–water partition coefficient (Wildman–Crippen LogP) is 3.00. The molecule has 0 aliphatic carbocycles. The third-order valence-electron chi connectivity index (χ3n) is 2.85. The SMILES string of the molecule is COC(C)CC(N)c1cc2cc(F)ccc2o1. The van der Waals surface area contributed by atoms with Crippen LogP contribution in [0.5, 0.6) is 0 Å². The lowest BCUT2D eigenvalue weighted by atomic mass is 10.1. The minimum absolute atomic E-state index is 0.0648. The zero-order chi connectivity index (χ0) is 12.4. The van der Waals surface area contributed by atoms with Crippen LogP contribution in [0.4, 0.5) is 4.39 Å². The summed E-state index contributed by atoms with van der Waals surface area (Å²) in [6.45, 7) is 1.95. The van der Waals surface area contributed by atoms with Crippen LogP contribution in [0.1, 0.15) is 25.1 Å². The largest absolute Gasteiger partial charge is 0.459 e. The summed E-state index contributed by atoms with van der Waals surface area (Å²) in [6, 6.07) is 5.97. The first-order valence-electron chi connectivity index (χ1n) is 5.57. The quantitative estimate of drug-likeness (QED) is 0.889. The molecule has 3 nitrogen and oxygen atoms in total. The first-order chi connectivity index (χ1) is 8.10. The molecule has 1 heterocycles. The lowest BCUT2D eigenvalue weighted by molar-refractivity contribution is 0.102. The van der Waals surface area contributed by atoms with E-state index in [1.165, 1.54) is 12.1 Å². The summed E-state index contributed by atoms with van der Waals surface area (Å²) in [6.07, 6.45) is 0.730. The molecule has 0 bridgehead atoms. The average molecular weight is 237 g/mol. The zero-order valence-corrected chi connectivity index (χ0v) is 9.94. The Balaban J connectivity index is 2.24. The normalized spacial score (nSPS) is 15.1. The highest BCUT2D eigenvalue weighted by molar-refractivity contribution is 5.77. The number of hydrogen-bond donors (Lipinski definition) is 1. The number of rotatable bonds is 4. The maximum Gasteiger partial charge on any atom is 0.134 e. The Hall–Kier alpha value is -1.39. The molecule has 0 radical (unpaired) electrons. The number of methoxy groups -OCH3 is 1. The number of ether oxygens (including phenoxy) is 1. The lowest BCUT2D eigenvalue weighted by Crippen LogP contribution is -2.17. The summed E-state index contributed by atoms with van der Waals surface area (Å²) in [5.74, 6) is 0.387. The summed E-state index contributed by atoms with van der Waals surface area (Å²) >= 11 is 0. The topological polar surface area (TPSA) is 48.4 Å². The van der Waals surface area contributed by atoms with Gasteiger partial charge in [-0.2, -0.15) is 0 Å². The summed E-state index contributed by atoms with van der Waals surface area (Å²) in [5, 5.41) is 0.737. The van der Waals surface area contributed by atoms with Crippen molar-refractivity contribution in [3.8, 4) is 0 Å². The molecule has 2 atom stereocenters. The van der Waals surface area contributed by atoms with Crippen molar-refractivity contribution in [2.75, 3.05) is 7.11 Å². The van der Waals surface area contributed by atoms with Gasteiger partial charge in [0, 0.05) is 12.5 Å². The van der Waals surface area contributed by atoms with Crippen LogP contribution >= 0.6 is 0 Å². The van der Waals surface area contributed by atoms with Gasteiger partial charge >= 0.3 is 0 Å². The summed E-state index contributed by atoms with van der Waals surface area (Å²) in [4.78, 5) is 0. The molecule has 0 aliphatic heterocycles. The van der Waals surface area contributed by atoms with Gasteiger partial charge in [-0.25, -0.2) is 4.39 Å². The van der Waals surface area contributed by atoms with Crippen molar-refractivity contribution >= 4 is 11.0 Å². The zero-order valence-electron chi connectivity index (χ0n) is 9.94. The summed E-state index contributed by atoms with van der Waals surface area (Å²) in [7, 11) is 1.64. The Kier molecular flexibility index (Phi) is 3.45. The minimum Gasteiger partial charge on any atom is -0.459 e. The van der Waals surface area contributed by atoms with E-state index in [0.717, 1.165) is 5.39 Å². The van der Waals surface area contributed by atoms with Gasteiger partial charge in [0.05, 0.1) is 12.1 Å². The van der Waals surface area contributed by atoms with Crippen molar-refractivity contribution in [1.82, 2.24) is 0 Å². The van der Waals surface area contributed by atoms with Gasteiger partial charge < -0.3 is 14.9 Å². The van der Waals surface area contributed by atoms with Gasteiger partial charge in [0.15, 0.2) is 0 Å². The monoisotopic (exact) mass is 237 g/mol. The van der Waals surface area contributed by atoms with Crippen LogP contribution in [-0.4, -0.2) is 13.2 Å². The van der Waals surface area contributed by atoms with Gasteiger partial charge in [-0.15, -0.1) is 0 Å². The van der Waals surface area contributed by atoms with Gasteiger partial charge in [-0.1, -0.05) is 0 Å². The van der Waals surface area contributed by atoms with E-state index in [0.29, 0.717) is 17.8 Å². The number of furan rings is 1. The van der Waals surface area contributed by atoms with Crippen LogP contribution in [0.3, 0.4) is 0 Å². The highest BCUT2D eigenvalue weighted by atomic mass is 19.1. The summed E-state index contributed by atoms with van der Waals surface area (Å²) < 4.78 is 23.8. The Morgan fingerprint density at radius 2 is 2.18 bits per heavy atom. The van der Waals surface area contributed by atoms with E-state index >= 15 is 0 Å². The van der Waals surface area contributed by atoms with Gasteiger partial charge in [0.1, 0.15) is 17.2 Å². The molecule has 0 aliphatic rings. The number of hydrogen-bond acceptors (Lipinski definition) is 3. The predicted molar refractivity (Wildman–Crippen MR) is 64.2 cm³/mol. The maximum atomic E-state index is 13.0.